The largest absolute Gasteiger partial charge is 0.465 e. The number of amides is 3. The molecule has 0 radical (unpaired) electrons. The van der Waals surface area contributed by atoms with E-state index in [1.807, 2.05) is 24.3 Å². The van der Waals surface area contributed by atoms with Crippen molar-refractivity contribution in [3.63, 3.8) is 0 Å². The van der Waals surface area contributed by atoms with Gasteiger partial charge in [-0.25, -0.2) is 18.4 Å². The van der Waals surface area contributed by atoms with E-state index in [9.17, 15) is 18.4 Å². The molecule has 2 aromatic carbocycles. The molecule has 0 spiro atoms. The topological polar surface area (TPSA) is 93.7 Å². The number of nitrogens with one attached hydrogen (secondary N) is 3. The molecule has 0 aliphatic carbocycles. The Balaban J connectivity index is 1.39. The van der Waals surface area contributed by atoms with Crippen LogP contribution in [0.25, 0.3) is 0 Å². The summed E-state index contributed by atoms with van der Waals surface area (Å²) in [6.07, 6.45) is 1.17. The first-order chi connectivity index (χ1) is 14.9. The van der Waals surface area contributed by atoms with Gasteiger partial charge >= 0.3 is 12.1 Å². The van der Waals surface area contributed by atoms with Gasteiger partial charge in [-0.05, 0) is 54.7 Å². The molecule has 0 saturated carbocycles. The lowest BCUT2D eigenvalue weighted by Crippen LogP contribution is -2.46. The summed E-state index contributed by atoms with van der Waals surface area (Å²) < 4.78 is 26.5. The summed E-state index contributed by atoms with van der Waals surface area (Å²) in [5.74, 6) is -1.33. The first-order valence-corrected chi connectivity index (χ1v) is 10.2. The molecule has 2 aromatic rings. The molecule has 0 unspecified atom stereocenters. The van der Waals surface area contributed by atoms with E-state index < -0.39 is 17.7 Å². The SMILES string of the molecule is O=C(O)NCCc1ccc(NC2CCN(C(=O)NCc3cc(F)cc(F)c3)CC2)cc1. The van der Waals surface area contributed by atoms with Crippen molar-refractivity contribution in [1.82, 2.24) is 15.5 Å². The van der Waals surface area contributed by atoms with Crippen LogP contribution >= 0.6 is 0 Å². The van der Waals surface area contributed by atoms with Crippen molar-refractivity contribution in [3.8, 4) is 0 Å². The Labute approximate surface area is 179 Å². The third-order valence-electron chi connectivity index (χ3n) is 5.16. The van der Waals surface area contributed by atoms with Crippen LogP contribution in [0.15, 0.2) is 42.5 Å². The number of urea groups is 1. The molecule has 9 heteroatoms. The normalized spacial score (nSPS) is 14.2. The Morgan fingerprint density at radius 2 is 1.61 bits per heavy atom. The quantitative estimate of drug-likeness (QED) is 0.538. The zero-order valence-corrected chi connectivity index (χ0v) is 17.0. The van der Waals surface area contributed by atoms with Gasteiger partial charge in [0.15, 0.2) is 0 Å². The Hall–Kier alpha value is -3.36. The number of carboxylic acid groups (broad SMARTS) is 1. The standard InChI is InChI=1S/C22H26F2N4O3/c23-17-11-16(12-18(24)13-17)14-26-21(29)28-9-6-20(7-10-28)27-19-3-1-15(2-4-19)5-8-25-22(30)31/h1-4,11-13,20,25,27H,5-10,14H2,(H,26,29)(H,30,31). The van der Waals surface area contributed by atoms with E-state index in [2.05, 4.69) is 16.0 Å². The van der Waals surface area contributed by atoms with Gasteiger partial charge in [-0.2, -0.15) is 0 Å². The zero-order valence-electron chi connectivity index (χ0n) is 17.0. The molecular formula is C22H26F2N4O3. The summed E-state index contributed by atoms with van der Waals surface area (Å²) >= 11 is 0. The van der Waals surface area contributed by atoms with Gasteiger partial charge in [-0.3, -0.25) is 0 Å². The van der Waals surface area contributed by atoms with Crippen molar-refractivity contribution < 1.29 is 23.5 Å². The Morgan fingerprint density at radius 1 is 0.968 bits per heavy atom. The van der Waals surface area contributed by atoms with Gasteiger partial charge in [0.2, 0.25) is 0 Å². The number of rotatable bonds is 7. The maximum absolute atomic E-state index is 13.2. The van der Waals surface area contributed by atoms with E-state index in [4.69, 9.17) is 5.11 Å². The van der Waals surface area contributed by atoms with Crippen LogP contribution in [0.3, 0.4) is 0 Å². The molecule has 0 atom stereocenters. The number of hydrogen-bond donors (Lipinski definition) is 4. The van der Waals surface area contributed by atoms with Crippen molar-refractivity contribution in [2.75, 3.05) is 25.0 Å². The third-order valence-corrected chi connectivity index (χ3v) is 5.16. The lowest BCUT2D eigenvalue weighted by atomic mass is 10.0. The third kappa shape index (κ3) is 7.13. The first kappa shape index (κ1) is 22.3. The van der Waals surface area contributed by atoms with E-state index in [1.165, 1.54) is 12.1 Å². The highest BCUT2D eigenvalue weighted by atomic mass is 19.1. The van der Waals surface area contributed by atoms with Crippen LogP contribution in [0.4, 0.5) is 24.1 Å². The maximum Gasteiger partial charge on any atom is 0.404 e. The van der Waals surface area contributed by atoms with Gasteiger partial charge in [-0.1, -0.05) is 12.1 Å². The molecule has 1 aliphatic rings. The minimum atomic E-state index is -1.03. The van der Waals surface area contributed by atoms with Crippen molar-refractivity contribution >= 4 is 17.8 Å². The molecule has 31 heavy (non-hydrogen) atoms. The van der Waals surface area contributed by atoms with Crippen molar-refractivity contribution in [1.29, 1.82) is 0 Å². The van der Waals surface area contributed by atoms with Gasteiger partial charge in [-0.15, -0.1) is 0 Å². The van der Waals surface area contributed by atoms with Crippen molar-refractivity contribution in [2.24, 2.45) is 0 Å². The summed E-state index contributed by atoms with van der Waals surface area (Å²) in [6.45, 7) is 1.61. The fraction of sp³-hybridized carbons (Fsp3) is 0.364. The van der Waals surface area contributed by atoms with E-state index in [0.29, 0.717) is 31.6 Å². The number of benzene rings is 2. The van der Waals surface area contributed by atoms with Crippen LogP contribution in [0.1, 0.15) is 24.0 Å². The molecule has 3 rings (SSSR count). The fourth-order valence-corrected chi connectivity index (χ4v) is 3.55. The van der Waals surface area contributed by atoms with E-state index in [1.54, 1.807) is 4.90 Å². The lowest BCUT2D eigenvalue weighted by Gasteiger charge is -2.33. The van der Waals surface area contributed by atoms with Crippen molar-refractivity contribution in [2.45, 2.75) is 31.8 Å². The minimum absolute atomic E-state index is 0.0695. The zero-order chi connectivity index (χ0) is 22.2. The van der Waals surface area contributed by atoms with Gasteiger partial charge < -0.3 is 26.0 Å². The van der Waals surface area contributed by atoms with Crippen LogP contribution < -0.4 is 16.0 Å². The molecule has 0 bridgehead atoms. The lowest BCUT2D eigenvalue weighted by molar-refractivity contribution is 0.183. The predicted octanol–water partition coefficient (Wildman–Crippen LogP) is 3.56. The van der Waals surface area contributed by atoms with Gasteiger partial charge in [0.25, 0.3) is 0 Å². The molecule has 1 heterocycles. The average molecular weight is 432 g/mol. The smallest absolute Gasteiger partial charge is 0.404 e. The highest BCUT2D eigenvalue weighted by molar-refractivity contribution is 5.74. The number of hydrogen-bond acceptors (Lipinski definition) is 3. The Kier molecular flexibility index (Phi) is 7.64. The number of nitrogens with zero attached hydrogens (tertiary/aromatic N) is 1. The number of piperidine rings is 1. The number of halogens is 2. The van der Waals surface area contributed by atoms with E-state index in [0.717, 1.165) is 30.2 Å². The molecular weight excluding hydrogens is 406 g/mol. The number of anilines is 1. The van der Waals surface area contributed by atoms with Crippen LogP contribution in [-0.4, -0.2) is 47.8 Å². The molecule has 0 aromatic heterocycles. The van der Waals surface area contributed by atoms with E-state index >= 15 is 0 Å². The summed E-state index contributed by atoms with van der Waals surface area (Å²) in [5.41, 5.74) is 2.40. The van der Waals surface area contributed by atoms with Crippen molar-refractivity contribution in [3.05, 3.63) is 65.2 Å². The average Bonchev–Trinajstić information content (AvgIpc) is 2.73. The molecule has 4 N–H and O–H groups in total. The van der Waals surface area contributed by atoms with Crippen LogP contribution in [0, 0.1) is 11.6 Å². The number of carbonyl (C=O) groups is 2. The summed E-state index contributed by atoms with van der Waals surface area (Å²) in [6, 6.07) is 11.0. The molecule has 1 fully saturated rings. The Morgan fingerprint density at radius 3 is 2.23 bits per heavy atom. The van der Waals surface area contributed by atoms with Gasteiger partial charge in [0, 0.05) is 44.0 Å². The molecule has 166 valence electrons. The van der Waals surface area contributed by atoms with Crippen LogP contribution in [0.2, 0.25) is 0 Å². The second kappa shape index (κ2) is 10.6. The monoisotopic (exact) mass is 432 g/mol. The highest BCUT2D eigenvalue weighted by Crippen LogP contribution is 2.18. The van der Waals surface area contributed by atoms with Crippen LogP contribution in [0.5, 0.6) is 0 Å². The number of likely N-dealkylation sites (tertiary alicyclic amines) is 1. The highest BCUT2D eigenvalue weighted by Gasteiger charge is 2.22. The Bertz CT molecular complexity index is 880. The molecule has 1 aliphatic heterocycles. The fourth-order valence-electron chi connectivity index (χ4n) is 3.55. The second-order valence-electron chi connectivity index (χ2n) is 7.52. The summed E-state index contributed by atoms with van der Waals surface area (Å²) in [7, 11) is 0. The van der Waals surface area contributed by atoms with Gasteiger partial charge in [0.05, 0.1) is 0 Å². The first-order valence-electron chi connectivity index (χ1n) is 10.2. The van der Waals surface area contributed by atoms with Crippen LogP contribution in [-0.2, 0) is 13.0 Å². The maximum atomic E-state index is 13.2. The van der Waals surface area contributed by atoms with Gasteiger partial charge in [0.1, 0.15) is 11.6 Å². The summed E-state index contributed by atoms with van der Waals surface area (Å²) in [5, 5.41) is 17.1. The minimum Gasteiger partial charge on any atom is -0.465 e. The second-order valence-corrected chi connectivity index (χ2v) is 7.52. The number of carbonyl (C=O) groups excluding carboxylic acids is 1. The van der Waals surface area contributed by atoms with E-state index in [-0.39, 0.29) is 18.6 Å². The predicted molar refractivity (Wildman–Crippen MR) is 113 cm³/mol. The molecule has 7 nitrogen and oxygen atoms in total. The molecule has 1 saturated heterocycles. The summed E-state index contributed by atoms with van der Waals surface area (Å²) in [4.78, 5) is 24.5. The molecule has 3 amide bonds.